The molecule has 0 spiro atoms. The first-order valence-electron chi connectivity index (χ1n) is 8.35. The number of carbonyl (C=O) groups is 4. The van der Waals surface area contributed by atoms with Crippen molar-refractivity contribution in [1.82, 2.24) is 15.2 Å². The molecule has 0 saturated heterocycles. The van der Waals surface area contributed by atoms with E-state index in [0.717, 1.165) is 6.42 Å². The maximum atomic E-state index is 12.0. The van der Waals surface area contributed by atoms with Crippen LogP contribution in [0.1, 0.15) is 23.7 Å². The summed E-state index contributed by atoms with van der Waals surface area (Å²) in [7, 11) is 1.28. The van der Waals surface area contributed by atoms with Gasteiger partial charge in [-0.05, 0) is 12.5 Å². The highest BCUT2D eigenvalue weighted by Crippen LogP contribution is 2.22. The molecule has 2 aromatic rings. The summed E-state index contributed by atoms with van der Waals surface area (Å²) in [6.07, 6.45) is 2.23. The first kappa shape index (κ1) is 20.0. The van der Waals surface area contributed by atoms with Gasteiger partial charge in [-0.2, -0.15) is 0 Å². The van der Waals surface area contributed by atoms with Gasteiger partial charge in [0.1, 0.15) is 6.54 Å². The van der Waals surface area contributed by atoms with Crippen molar-refractivity contribution < 1.29 is 28.7 Å². The zero-order chi connectivity index (χ0) is 19.8. The Hall–Kier alpha value is -3.36. The molecule has 0 bridgehead atoms. The molecule has 0 unspecified atom stereocenters. The van der Waals surface area contributed by atoms with Gasteiger partial charge in [0.05, 0.1) is 12.7 Å². The molecule has 3 amide bonds. The monoisotopic (exact) mass is 375 g/mol. The second kappa shape index (κ2) is 9.37. The number of carbonyl (C=O) groups excluding carboxylic acids is 4. The van der Waals surface area contributed by atoms with E-state index in [1.54, 1.807) is 24.3 Å². The molecule has 1 heterocycles. The van der Waals surface area contributed by atoms with Crippen LogP contribution in [0.5, 0.6) is 0 Å². The third-order valence-electron chi connectivity index (χ3n) is 3.65. The quantitative estimate of drug-likeness (QED) is 0.703. The Balaban J connectivity index is 1.97. The Labute approximate surface area is 155 Å². The second-order valence-electron chi connectivity index (χ2n) is 5.64. The molecule has 2 rings (SSSR count). The minimum atomic E-state index is -0.732. The van der Waals surface area contributed by atoms with Gasteiger partial charge < -0.3 is 19.4 Å². The van der Waals surface area contributed by atoms with E-state index in [1.807, 2.05) is 6.92 Å². The number of hydrogen-bond donors (Lipinski definition) is 2. The third kappa shape index (κ3) is 5.30. The standard InChI is InChI=1S/C18H21N3O6/c1-3-8-19-18(25)20-15(22)11-27-16(23)10-21-9-13(17(24)26-2)12-6-4-5-7-14(12)21/h4-7,9H,3,8,10-11H2,1-2H3,(H2,19,20,22,25). The summed E-state index contributed by atoms with van der Waals surface area (Å²) < 4.78 is 11.2. The number of rotatable bonds is 7. The van der Waals surface area contributed by atoms with Gasteiger partial charge in [-0.3, -0.25) is 14.9 Å². The zero-order valence-electron chi connectivity index (χ0n) is 15.1. The number of esters is 2. The van der Waals surface area contributed by atoms with Gasteiger partial charge in [0.15, 0.2) is 6.61 Å². The van der Waals surface area contributed by atoms with Crippen LogP contribution < -0.4 is 10.6 Å². The van der Waals surface area contributed by atoms with Gasteiger partial charge in [-0.15, -0.1) is 0 Å². The summed E-state index contributed by atoms with van der Waals surface area (Å²) in [6, 6.07) is 6.39. The predicted octanol–water partition coefficient (Wildman–Crippen LogP) is 1.21. The Morgan fingerprint density at radius 2 is 1.89 bits per heavy atom. The Morgan fingerprint density at radius 3 is 2.59 bits per heavy atom. The molecule has 0 aliphatic rings. The molecule has 1 aromatic carbocycles. The zero-order valence-corrected chi connectivity index (χ0v) is 15.1. The maximum Gasteiger partial charge on any atom is 0.340 e. The van der Waals surface area contributed by atoms with Crippen LogP contribution >= 0.6 is 0 Å². The van der Waals surface area contributed by atoms with Crippen molar-refractivity contribution in [2.45, 2.75) is 19.9 Å². The molecule has 0 fully saturated rings. The first-order chi connectivity index (χ1) is 13.0. The van der Waals surface area contributed by atoms with Crippen LogP contribution in [0.25, 0.3) is 10.9 Å². The largest absolute Gasteiger partial charge is 0.465 e. The van der Waals surface area contributed by atoms with Gasteiger partial charge in [0.2, 0.25) is 0 Å². The SMILES string of the molecule is CCCNC(=O)NC(=O)COC(=O)Cn1cc(C(=O)OC)c2ccccc21. The van der Waals surface area contributed by atoms with Crippen LogP contribution in [0.2, 0.25) is 0 Å². The lowest BCUT2D eigenvalue weighted by Crippen LogP contribution is -2.41. The van der Waals surface area contributed by atoms with E-state index in [0.29, 0.717) is 23.0 Å². The van der Waals surface area contributed by atoms with Gasteiger partial charge >= 0.3 is 18.0 Å². The molecule has 2 N–H and O–H groups in total. The minimum Gasteiger partial charge on any atom is -0.465 e. The van der Waals surface area contributed by atoms with Crippen molar-refractivity contribution in [3.63, 3.8) is 0 Å². The predicted molar refractivity (Wildman–Crippen MR) is 96.1 cm³/mol. The fourth-order valence-corrected chi connectivity index (χ4v) is 2.43. The van der Waals surface area contributed by atoms with Gasteiger partial charge in [-0.1, -0.05) is 25.1 Å². The summed E-state index contributed by atoms with van der Waals surface area (Å²) in [5.41, 5.74) is 0.976. The maximum absolute atomic E-state index is 12.0. The van der Waals surface area contributed by atoms with Crippen LogP contribution in [-0.4, -0.2) is 48.7 Å². The van der Waals surface area contributed by atoms with E-state index in [4.69, 9.17) is 9.47 Å². The number of urea groups is 1. The number of aromatic nitrogens is 1. The van der Waals surface area contributed by atoms with Gasteiger partial charge in [0.25, 0.3) is 5.91 Å². The van der Waals surface area contributed by atoms with Crippen molar-refractivity contribution in [2.75, 3.05) is 20.3 Å². The molecule has 144 valence electrons. The summed E-state index contributed by atoms with van der Waals surface area (Å²) >= 11 is 0. The first-order valence-corrected chi connectivity index (χ1v) is 8.35. The number of methoxy groups -OCH3 is 1. The van der Waals surface area contributed by atoms with E-state index < -0.39 is 30.5 Å². The lowest BCUT2D eigenvalue weighted by atomic mass is 10.2. The molecule has 9 heteroatoms. The van der Waals surface area contributed by atoms with E-state index in [1.165, 1.54) is 17.9 Å². The van der Waals surface area contributed by atoms with E-state index in [2.05, 4.69) is 10.6 Å². The van der Waals surface area contributed by atoms with Crippen molar-refractivity contribution in [3.8, 4) is 0 Å². The number of benzene rings is 1. The second-order valence-corrected chi connectivity index (χ2v) is 5.64. The lowest BCUT2D eigenvalue weighted by Gasteiger charge is -2.08. The van der Waals surface area contributed by atoms with Crippen LogP contribution in [-0.2, 0) is 25.6 Å². The number of para-hydroxylation sites is 1. The van der Waals surface area contributed by atoms with Gasteiger partial charge in [0, 0.05) is 23.6 Å². The molecule has 0 aliphatic heterocycles. The van der Waals surface area contributed by atoms with Crippen molar-refractivity contribution in [3.05, 3.63) is 36.0 Å². The molecule has 27 heavy (non-hydrogen) atoms. The molecular formula is C18H21N3O6. The number of hydrogen-bond acceptors (Lipinski definition) is 6. The molecule has 9 nitrogen and oxygen atoms in total. The molecular weight excluding hydrogens is 354 g/mol. The summed E-state index contributed by atoms with van der Waals surface area (Å²) in [6.45, 7) is 1.52. The third-order valence-corrected chi connectivity index (χ3v) is 3.65. The van der Waals surface area contributed by atoms with Crippen LogP contribution in [0.15, 0.2) is 30.5 Å². The van der Waals surface area contributed by atoms with Crippen molar-refractivity contribution >= 4 is 34.8 Å². The van der Waals surface area contributed by atoms with Crippen LogP contribution in [0.3, 0.4) is 0 Å². The van der Waals surface area contributed by atoms with Crippen LogP contribution in [0.4, 0.5) is 4.79 Å². The van der Waals surface area contributed by atoms with E-state index >= 15 is 0 Å². The topological polar surface area (TPSA) is 116 Å². The van der Waals surface area contributed by atoms with E-state index in [9.17, 15) is 19.2 Å². The molecule has 0 radical (unpaired) electrons. The molecule has 0 atom stereocenters. The fraction of sp³-hybridized carbons (Fsp3) is 0.333. The average Bonchev–Trinajstić information content (AvgIpc) is 3.02. The number of nitrogens with zero attached hydrogens (tertiary/aromatic N) is 1. The number of amides is 3. The Bertz CT molecular complexity index is 858. The summed E-state index contributed by atoms with van der Waals surface area (Å²) in [5.74, 6) is -1.93. The minimum absolute atomic E-state index is 0.202. The lowest BCUT2D eigenvalue weighted by molar-refractivity contribution is -0.148. The average molecular weight is 375 g/mol. The molecule has 1 aromatic heterocycles. The van der Waals surface area contributed by atoms with Crippen LogP contribution in [0, 0.1) is 0 Å². The summed E-state index contributed by atoms with van der Waals surface area (Å²) in [4.78, 5) is 46.9. The smallest absolute Gasteiger partial charge is 0.340 e. The summed E-state index contributed by atoms with van der Waals surface area (Å²) in [5, 5.41) is 5.17. The number of imide groups is 1. The van der Waals surface area contributed by atoms with Crippen molar-refractivity contribution in [1.29, 1.82) is 0 Å². The van der Waals surface area contributed by atoms with Crippen molar-refractivity contribution in [2.24, 2.45) is 0 Å². The Kier molecular flexibility index (Phi) is 6.93. The Morgan fingerprint density at radius 1 is 1.15 bits per heavy atom. The molecule has 0 aliphatic carbocycles. The number of fused-ring (bicyclic) bond motifs is 1. The highest BCUT2D eigenvalue weighted by atomic mass is 16.5. The highest BCUT2D eigenvalue weighted by Gasteiger charge is 2.17. The normalized spacial score (nSPS) is 10.3. The molecule has 0 saturated carbocycles. The van der Waals surface area contributed by atoms with E-state index in [-0.39, 0.29) is 6.54 Å². The highest BCUT2D eigenvalue weighted by molar-refractivity contribution is 6.04. The number of nitrogens with one attached hydrogen (secondary N) is 2. The van der Waals surface area contributed by atoms with Gasteiger partial charge in [-0.25, -0.2) is 9.59 Å². The fourth-order valence-electron chi connectivity index (χ4n) is 2.43. The number of ether oxygens (including phenoxy) is 2.